The second-order valence-electron chi connectivity index (χ2n) is 4.56. The molecule has 0 aromatic carbocycles. The molecule has 0 aliphatic heterocycles. The van der Waals surface area contributed by atoms with E-state index in [1.165, 1.54) is 0 Å². The summed E-state index contributed by atoms with van der Waals surface area (Å²) in [6.07, 6.45) is 6.10. The lowest BCUT2D eigenvalue weighted by Crippen LogP contribution is -2.14. The van der Waals surface area contributed by atoms with Gasteiger partial charge in [-0.3, -0.25) is 15.0 Å². The standard InChI is InChI=1S/C15H17N5/c1-3-15-13(5-16)4-12(8-20-15)7-17-9-14-10-18-11(2)6-19-14/h4,6,8,10,17H,3,7,9H2,1-2H3. The summed E-state index contributed by atoms with van der Waals surface area (Å²) < 4.78 is 0. The molecule has 0 unspecified atom stereocenters. The van der Waals surface area contributed by atoms with Crippen LogP contribution >= 0.6 is 0 Å². The molecule has 0 saturated heterocycles. The average Bonchev–Trinajstić information content (AvgIpc) is 2.49. The molecule has 0 fully saturated rings. The Hall–Kier alpha value is -2.32. The molecule has 2 aromatic heterocycles. The molecule has 0 aliphatic rings. The maximum atomic E-state index is 9.07. The average molecular weight is 267 g/mol. The zero-order chi connectivity index (χ0) is 14.4. The van der Waals surface area contributed by atoms with E-state index in [1.807, 2.05) is 26.1 Å². The summed E-state index contributed by atoms with van der Waals surface area (Å²) in [5.41, 5.74) is 4.31. The van der Waals surface area contributed by atoms with E-state index in [1.54, 1.807) is 12.4 Å². The van der Waals surface area contributed by atoms with Gasteiger partial charge < -0.3 is 5.32 Å². The largest absolute Gasteiger partial charge is 0.307 e. The number of nitriles is 1. The van der Waals surface area contributed by atoms with Crippen LogP contribution in [-0.4, -0.2) is 15.0 Å². The first-order chi connectivity index (χ1) is 9.72. The molecule has 1 N–H and O–H groups in total. The first kappa shape index (κ1) is 14.1. The number of hydrogen-bond acceptors (Lipinski definition) is 5. The van der Waals surface area contributed by atoms with Crippen LogP contribution in [0.25, 0.3) is 0 Å². The van der Waals surface area contributed by atoms with Crippen molar-refractivity contribution in [2.45, 2.75) is 33.4 Å². The second-order valence-corrected chi connectivity index (χ2v) is 4.56. The molecule has 2 heterocycles. The first-order valence-electron chi connectivity index (χ1n) is 6.59. The molecule has 0 radical (unpaired) electrons. The van der Waals surface area contributed by atoms with E-state index in [0.29, 0.717) is 18.7 Å². The fourth-order valence-electron chi connectivity index (χ4n) is 1.86. The van der Waals surface area contributed by atoms with Crippen LogP contribution in [0, 0.1) is 18.3 Å². The number of nitrogens with one attached hydrogen (secondary N) is 1. The Bertz CT molecular complexity index is 613. The van der Waals surface area contributed by atoms with E-state index in [2.05, 4.69) is 26.3 Å². The summed E-state index contributed by atoms with van der Waals surface area (Å²) in [5, 5.41) is 12.3. The molecular weight excluding hydrogens is 250 g/mol. The van der Waals surface area contributed by atoms with Gasteiger partial charge in [0, 0.05) is 31.7 Å². The Morgan fingerprint density at radius 2 is 2.00 bits per heavy atom. The Morgan fingerprint density at radius 3 is 2.65 bits per heavy atom. The number of hydrogen-bond donors (Lipinski definition) is 1. The van der Waals surface area contributed by atoms with E-state index in [4.69, 9.17) is 5.26 Å². The van der Waals surface area contributed by atoms with Gasteiger partial charge in [-0.2, -0.15) is 5.26 Å². The van der Waals surface area contributed by atoms with Gasteiger partial charge in [0.25, 0.3) is 0 Å². The van der Waals surface area contributed by atoms with E-state index < -0.39 is 0 Å². The molecule has 0 atom stereocenters. The molecule has 0 bridgehead atoms. The minimum absolute atomic E-state index is 0.644. The molecule has 2 aromatic rings. The van der Waals surface area contributed by atoms with Crippen molar-refractivity contribution in [2.24, 2.45) is 0 Å². The maximum Gasteiger partial charge on any atom is 0.101 e. The normalized spacial score (nSPS) is 10.2. The van der Waals surface area contributed by atoms with Crippen molar-refractivity contribution in [1.29, 1.82) is 5.26 Å². The zero-order valence-corrected chi connectivity index (χ0v) is 11.7. The van der Waals surface area contributed by atoms with Crippen LogP contribution in [-0.2, 0) is 19.5 Å². The summed E-state index contributed by atoms with van der Waals surface area (Å²) in [4.78, 5) is 12.8. The topological polar surface area (TPSA) is 74.5 Å². The number of rotatable bonds is 5. The van der Waals surface area contributed by atoms with Crippen LogP contribution in [0.1, 0.15) is 35.1 Å². The monoisotopic (exact) mass is 267 g/mol. The van der Waals surface area contributed by atoms with Crippen LogP contribution in [0.15, 0.2) is 24.7 Å². The molecule has 0 saturated carbocycles. The van der Waals surface area contributed by atoms with Crippen LogP contribution in [0.5, 0.6) is 0 Å². The highest BCUT2D eigenvalue weighted by Gasteiger charge is 2.03. The van der Waals surface area contributed by atoms with Crippen molar-refractivity contribution in [1.82, 2.24) is 20.3 Å². The minimum atomic E-state index is 0.644. The van der Waals surface area contributed by atoms with Crippen molar-refractivity contribution in [2.75, 3.05) is 0 Å². The number of pyridine rings is 1. The van der Waals surface area contributed by atoms with Gasteiger partial charge in [-0.1, -0.05) is 6.92 Å². The maximum absolute atomic E-state index is 9.07. The van der Waals surface area contributed by atoms with E-state index in [9.17, 15) is 0 Å². The highest BCUT2D eigenvalue weighted by atomic mass is 14.9. The van der Waals surface area contributed by atoms with Crippen molar-refractivity contribution in [3.8, 4) is 6.07 Å². The second kappa shape index (κ2) is 6.73. The third-order valence-corrected chi connectivity index (χ3v) is 2.95. The van der Waals surface area contributed by atoms with Gasteiger partial charge in [0.15, 0.2) is 0 Å². The quantitative estimate of drug-likeness (QED) is 0.895. The van der Waals surface area contributed by atoms with Gasteiger partial charge >= 0.3 is 0 Å². The predicted molar refractivity (Wildman–Crippen MR) is 75.6 cm³/mol. The van der Waals surface area contributed by atoms with Crippen molar-refractivity contribution >= 4 is 0 Å². The molecule has 20 heavy (non-hydrogen) atoms. The lowest BCUT2D eigenvalue weighted by atomic mass is 10.1. The van der Waals surface area contributed by atoms with Gasteiger partial charge in [-0.05, 0) is 25.0 Å². The number of nitrogens with zero attached hydrogens (tertiary/aromatic N) is 4. The molecule has 5 nitrogen and oxygen atoms in total. The SMILES string of the molecule is CCc1ncc(CNCc2cnc(C)cn2)cc1C#N. The highest BCUT2D eigenvalue weighted by molar-refractivity contribution is 5.35. The fourth-order valence-corrected chi connectivity index (χ4v) is 1.86. The van der Waals surface area contributed by atoms with Gasteiger partial charge in [0.2, 0.25) is 0 Å². The highest BCUT2D eigenvalue weighted by Crippen LogP contribution is 2.08. The molecule has 0 amide bonds. The summed E-state index contributed by atoms with van der Waals surface area (Å²) in [7, 11) is 0. The lowest BCUT2D eigenvalue weighted by Gasteiger charge is -2.06. The van der Waals surface area contributed by atoms with E-state index in [-0.39, 0.29) is 0 Å². The molecule has 0 aliphatic carbocycles. The number of aromatic nitrogens is 3. The third kappa shape index (κ3) is 3.59. The zero-order valence-electron chi connectivity index (χ0n) is 11.7. The van der Waals surface area contributed by atoms with Crippen LogP contribution in [0.4, 0.5) is 0 Å². The summed E-state index contributed by atoms with van der Waals surface area (Å²) in [5.74, 6) is 0. The van der Waals surface area contributed by atoms with Gasteiger partial charge in [-0.15, -0.1) is 0 Å². The van der Waals surface area contributed by atoms with E-state index in [0.717, 1.165) is 29.1 Å². The molecule has 102 valence electrons. The summed E-state index contributed by atoms with van der Waals surface area (Å²) in [6, 6.07) is 4.08. The Morgan fingerprint density at radius 1 is 1.15 bits per heavy atom. The summed E-state index contributed by atoms with van der Waals surface area (Å²) in [6.45, 7) is 5.21. The Kier molecular flexibility index (Phi) is 4.75. The van der Waals surface area contributed by atoms with Crippen LogP contribution in [0.2, 0.25) is 0 Å². The van der Waals surface area contributed by atoms with Gasteiger partial charge in [0.05, 0.1) is 22.6 Å². The van der Waals surface area contributed by atoms with Gasteiger partial charge in [-0.25, -0.2) is 0 Å². The molecule has 0 spiro atoms. The smallest absolute Gasteiger partial charge is 0.101 e. The van der Waals surface area contributed by atoms with E-state index >= 15 is 0 Å². The first-order valence-corrected chi connectivity index (χ1v) is 6.59. The van der Waals surface area contributed by atoms with Crippen molar-refractivity contribution in [3.63, 3.8) is 0 Å². The fraction of sp³-hybridized carbons (Fsp3) is 0.333. The van der Waals surface area contributed by atoms with Crippen molar-refractivity contribution in [3.05, 3.63) is 52.9 Å². The van der Waals surface area contributed by atoms with Crippen LogP contribution in [0.3, 0.4) is 0 Å². The van der Waals surface area contributed by atoms with Crippen LogP contribution < -0.4 is 5.32 Å². The third-order valence-electron chi connectivity index (χ3n) is 2.95. The molecule has 2 rings (SSSR count). The number of aryl methyl sites for hydroxylation is 2. The minimum Gasteiger partial charge on any atom is -0.307 e. The predicted octanol–water partition coefficient (Wildman–Crippen LogP) is 1.90. The Balaban J connectivity index is 1.94. The summed E-state index contributed by atoms with van der Waals surface area (Å²) >= 11 is 0. The molecular formula is C15H17N5. The van der Waals surface area contributed by atoms with Crippen molar-refractivity contribution < 1.29 is 0 Å². The molecule has 5 heteroatoms. The van der Waals surface area contributed by atoms with Gasteiger partial charge in [0.1, 0.15) is 6.07 Å². The lowest BCUT2D eigenvalue weighted by molar-refractivity contribution is 0.673. The Labute approximate surface area is 118 Å².